The molecule has 0 N–H and O–H groups in total. The predicted molar refractivity (Wildman–Crippen MR) is 64.6 cm³/mol. The second kappa shape index (κ2) is 4.04. The van der Waals surface area contributed by atoms with E-state index < -0.39 is 5.54 Å². The third-order valence-corrected chi connectivity index (χ3v) is 3.91. The number of hydrogen-bond donors (Lipinski definition) is 0. The van der Waals surface area contributed by atoms with Gasteiger partial charge in [-0.15, -0.1) is 0 Å². The molecule has 0 bridgehead atoms. The van der Waals surface area contributed by atoms with Crippen molar-refractivity contribution < 1.29 is 4.79 Å². The highest BCUT2D eigenvalue weighted by Crippen LogP contribution is 2.48. The third-order valence-electron chi connectivity index (χ3n) is 3.59. The molecule has 0 spiro atoms. The Bertz CT molecular complexity index is 471. The number of benzene rings is 1. The van der Waals surface area contributed by atoms with Crippen molar-refractivity contribution in [2.75, 3.05) is 0 Å². The van der Waals surface area contributed by atoms with E-state index in [1.165, 1.54) is 5.56 Å². The standard InChI is InChI=1S/C13H14ClNO/c1-9-4-5-11(14)12(10(9)2)13(15-8-16)6-3-7-13/h4-5H,3,6-7H2,1-2H3. The molecule has 3 heteroatoms. The van der Waals surface area contributed by atoms with Gasteiger partial charge in [-0.3, -0.25) is 0 Å². The van der Waals surface area contributed by atoms with Gasteiger partial charge in [0.1, 0.15) is 0 Å². The maximum absolute atomic E-state index is 10.6. The van der Waals surface area contributed by atoms with Crippen molar-refractivity contribution in [2.24, 2.45) is 4.99 Å². The van der Waals surface area contributed by atoms with Crippen molar-refractivity contribution in [1.82, 2.24) is 0 Å². The molecule has 1 aliphatic carbocycles. The summed E-state index contributed by atoms with van der Waals surface area (Å²) in [7, 11) is 0. The van der Waals surface area contributed by atoms with Crippen LogP contribution in [0.1, 0.15) is 36.0 Å². The minimum absolute atomic E-state index is 0.394. The van der Waals surface area contributed by atoms with E-state index in [9.17, 15) is 4.79 Å². The Morgan fingerprint density at radius 3 is 2.56 bits per heavy atom. The molecule has 2 nitrogen and oxygen atoms in total. The zero-order valence-electron chi connectivity index (χ0n) is 9.51. The molecule has 0 atom stereocenters. The number of rotatable bonds is 2. The van der Waals surface area contributed by atoms with Crippen molar-refractivity contribution in [1.29, 1.82) is 0 Å². The number of halogens is 1. The van der Waals surface area contributed by atoms with Gasteiger partial charge in [-0.05, 0) is 50.3 Å². The van der Waals surface area contributed by atoms with E-state index in [1.54, 1.807) is 6.08 Å². The van der Waals surface area contributed by atoms with Gasteiger partial charge in [-0.1, -0.05) is 17.7 Å². The van der Waals surface area contributed by atoms with Crippen LogP contribution in [0, 0.1) is 13.8 Å². The normalized spacial score (nSPS) is 17.4. The maximum atomic E-state index is 10.6. The fraction of sp³-hybridized carbons (Fsp3) is 0.462. The first-order valence-electron chi connectivity index (χ1n) is 5.46. The Morgan fingerprint density at radius 2 is 2.06 bits per heavy atom. The minimum Gasteiger partial charge on any atom is -0.211 e. The lowest BCUT2D eigenvalue weighted by Gasteiger charge is -2.39. The fourth-order valence-corrected chi connectivity index (χ4v) is 2.75. The van der Waals surface area contributed by atoms with Crippen molar-refractivity contribution >= 4 is 17.7 Å². The first-order chi connectivity index (χ1) is 7.60. The van der Waals surface area contributed by atoms with Gasteiger partial charge in [0.05, 0.1) is 5.54 Å². The number of aliphatic imine (C=N–C) groups is 1. The number of isocyanates is 1. The van der Waals surface area contributed by atoms with Crippen molar-refractivity contribution in [2.45, 2.75) is 38.6 Å². The van der Waals surface area contributed by atoms with E-state index in [0.29, 0.717) is 5.02 Å². The third kappa shape index (κ3) is 1.59. The predicted octanol–water partition coefficient (Wildman–Crippen LogP) is 3.67. The first kappa shape index (κ1) is 11.4. The monoisotopic (exact) mass is 235 g/mol. The van der Waals surface area contributed by atoms with Gasteiger partial charge in [0.15, 0.2) is 0 Å². The molecule has 0 heterocycles. The number of nitrogens with zero attached hydrogens (tertiary/aromatic N) is 1. The highest BCUT2D eigenvalue weighted by atomic mass is 35.5. The van der Waals surface area contributed by atoms with Crippen LogP contribution in [0.3, 0.4) is 0 Å². The Hall–Kier alpha value is -1.11. The van der Waals surface area contributed by atoms with Crippen LogP contribution in [0.4, 0.5) is 0 Å². The van der Waals surface area contributed by atoms with Crippen LogP contribution in [0.25, 0.3) is 0 Å². The summed E-state index contributed by atoms with van der Waals surface area (Å²) in [6, 6.07) is 3.89. The largest absolute Gasteiger partial charge is 0.235 e. The molecule has 1 saturated carbocycles. The molecule has 1 aromatic rings. The molecule has 0 saturated heterocycles. The summed E-state index contributed by atoms with van der Waals surface area (Å²) in [5.74, 6) is 0. The molecule has 1 fully saturated rings. The molecule has 2 rings (SSSR count). The fourth-order valence-electron chi connectivity index (χ4n) is 2.37. The Balaban J connectivity index is 2.62. The molecule has 0 aliphatic heterocycles. The van der Waals surface area contributed by atoms with E-state index in [0.717, 1.165) is 30.4 Å². The summed E-state index contributed by atoms with van der Waals surface area (Å²) < 4.78 is 0. The summed E-state index contributed by atoms with van der Waals surface area (Å²) in [5.41, 5.74) is 2.95. The molecule has 84 valence electrons. The number of carbonyl (C=O) groups excluding carboxylic acids is 1. The maximum Gasteiger partial charge on any atom is 0.235 e. The van der Waals surface area contributed by atoms with Gasteiger partial charge in [-0.25, -0.2) is 4.79 Å². The van der Waals surface area contributed by atoms with Crippen LogP contribution in [-0.4, -0.2) is 6.08 Å². The Morgan fingerprint density at radius 1 is 1.38 bits per heavy atom. The van der Waals surface area contributed by atoms with Crippen molar-refractivity contribution in [3.63, 3.8) is 0 Å². The molecule has 0 aromatic heterocycles. The van der Waals surface area contributed by atoms with Crippen LogP contribution in [0.2, 0.25) is 5.02 Å². The van der Waals surface area contributed by atoms with Crippen molar-refractivity contribution in [3.05, 3.63) is 33.8 Å². The molecular weight excluding hydrogens is 222 g/mol. The van der Waals surface area contributed by atoms with Gasteiger partial charge in [0, 0.05) is 10.6 Å². The topological polar surface area (TPSA) is 29.4 Å². The summed E-state index contributed by atoms with van der Waals surface area (Å²) in [6.07, 6.45) is 4.58. The van der Waals surface area contributed by atoms with Crippen LogP contribution < -0.4 is 0 Å². The van der Waals surface area contributed by atoms with Crippen molar-refractivity contribution in [3.8, 4) is 0 Å². The smallest absolute Gasteiger partial charge is 0.211 e. The lowest BCUT2D eigenvalue weighted by atomic mass is 9.70. The quantitative estimate of drug-likeness (QED) is 0.568. The number of aryl methyl sites for hydroxylation is 1. The van der Waals surface area contributed by atoms with E-state index in [-0.39, 0.29) is 0 Å². The van der Waals surface area contributed by atoms with Crippen LogP contribution in [0.15, 0.2) is 17.1 Å². The van der Waals surface area contributed by atoms with Gasteiger partial charge >= 0.3 is 0 Å². The van der Waals surface area contributed by atoms with E-state index in [4.69, 9.17) is 11.6 Å². The van der Waals surface area contributed by atoms with E-state index in [1.807, 2.05) is 26.0 Å². The molecule has 0 radical (unpaired) electrons. The van der Waals surface area contributed by atoms with E-state index in [2.05, 4.69) is 4.99 Å². The van der Waals surface area contributed by atoms with E-state index >= 15 is 0 Å². The summed E-state index contributed by atoms with van der Waals surface area (Å²) in [5, 5.41) is 0.710. The minimum atomic E-state index is -0.394. The number of hydrogen-bond acceptors (Lipinski definition) is 2. The van der Waals surface area contributed by atoms with Gasteiger partial charge in [0.25, 0.3) is 0 Å². The zero-order valence-corrected chi connectivity index (χ0v) is 10.3. The highest BCUT2D eigenvalue weighted by Gasteiger charge is 2.41. The lowest BCUT2D eigenvalue weighted by Crippen LogP contribution is -2.33. The second-order valence-corrected chi connectivity index (χ2v) is 4.86. The molecule has 0 amide bonds. The molecule has 1 aromatic carbocycles. The molecular formula is C13H14ClNO. The Kier molecular flexibility index (Phi) is 2.88. The van der Waals surface area contributed by atoms with Gasteiger partial charge in [0.2, 0.25) is 6.08 Å². The first-order valence-corrected chi connectivity index (χ1v) is 5.84. The SMILES string of the molecule is Cc1ccc(Cl)c(C2(N=C=O)CCC2)c1C. The van der Waals surface area contributed by atoms with Crippen LogP contribution >= 0.6 is 11.6 Å². The van der Waals surface area contributed by atoms with Gasteiger partial charge in [-0.2, -0.15) is 4.99 Å². The second-order valence-electron chi connectivity index (χ2n) is 4.45. The average molecular weight is 236 g/mol. The average Bonchev–Trinajstić information content (AvgIpc) is 2.20. The molecule has 16 heavy (non-hydrogen) atoms. The van der Waals surface area contributed by atoms with Crippen LogP contribution in [-0.2, 0) is 10.3 Å². The molecule has 0 unspecified atom stereocenters. The summed E-state index contributed by atoms with van der Waals surface area (Å²) in [4.78, 5) is 14.6. The Labute approximate surface area is 100 Å². The van der Waals surface area contributed by atoms with Crippen LogP contribution in [0.5, 0.6) is 0 Å². The lowest BCUT2D eigenvalue weighted by molar-refractivity contribution is 0.255. The zero-order chi connectivity index (χ0) is 11.8. The highest BCUT2D eigenvalue weighted by molar-refractivity contribution is 6.31. The molecule has 1 aliphatic rings. The summed E-state index contributed by atoms with van der Waals surface area (Å²) >= 11 is 6.24. The summed E-state index contributed by atoms with van der Waals surface area (Å²) in [6.45, 7) is 4.09. The van der Waals surface area contributed by atoms with Gasteiger partial charge < -0.3 is 0 Å².